The molecule has 0 aromatic carbocycles. The molecule has 1 rings (SSSR count). The zero-order valence-electron chi connectivity index (χ0n) is 7.69. The van der Waals surface area contributed by atoms with Crippen LogP contribution in [0.1, 0.15) is 25.7 Å². The van der Waals surface area contributed by atoms with Gasteiger partial charge in [0.15, 0.2) is 0 Å². The lowest BCUT2D eigenvalue weighted by atomic mass is 10.1. The van der Waals surface area contributed by atoms with E-state index >= 15 is 0 Å². The number of aldehydes is 1. The summed E-state index contributed by atoms with van der Waals surface area (Å²) in [5.41, 5.74) is 0. The van der Waals surface area contributed by atoms with E-state index in [2.05, 4.69) is 4.74 Å². The molecular formula is C9H14O4. The van der Waals surface area contributed by atoms with E-state index in [0.717, 1.165) is 19.1 Å². The quantitative estimate of drug-likeness (QED) is 0.348. The molecule has 2 atom stereocenters. The number of rotatable bonds is 6. The van der Waals surface area contributed by atoms with Gasteiger partial charge < -0.3 is 14.3 Å². The van der Waals surface area contributed by atoms with E-state index in [4.69, 9.17) is 4.74 Å². The second-order valence-corrected chi connectivity index (χ2v) is 3.08. The maximum Gasteiger partial charge on any atom is 0.305 e. The first-order valence-electron chi connectivity index (χ1n) is 4.44. The van der Waals surface area contributed by atoms with Gasteiger partial charge in [0.2, 0.25) is 0 Å². The van der Waals surface area contributed by atoms with E-state index in [1.165, 1.54) is 7.11 Å². The van der Waals surface area contributed by atoms with E-state index < -0.39 is 0 Å². The summed E-state index contributed by atoms with van der Waals surface area (Å²) in [6.45, 7) is 0. The maximum atomic E-state index is 10.7. The number of hydrogen-bond acceptors (Lipinski definition) is 4. The number of hydrogen-bond donors (Lipinski definition) is 0. The number of ether oxygens (including phenoxy) is 2. The van der Waals surface area contributed by atoms with Crippen LogP contribution in [-0.2, 0) is 19.1 Å². The molecule has 1 heterocycles. The Hall–Kier alpha value is -0.900. The number of methoxy groups -OCH3 is 1. The van der Waals surface area contributed by atoms with Gasteiger partial charge in [0.05, 0.1) is 19.3 Å². The third-order valence-electron chi connectivity index (χ3n) is 2.11. The SMILES string of the molecule is COC(=O)CCC[C@@H]1O[C@@H]1CC=O. The van der Waals surface area contributed by atoms with Gasteiger partial charge in [-0.05, 0) is 12.8 Å². The second-order valence-electron chi connectivity index (χ2n) is 3.08. The van der Waals surface area contributed by atoms with Crippen molar-refractivity contribution in [3.8, 4) is 0 Å². The van der Waals surface area contributed by atoms with Gasteiger partial charge in [-0.15, -0.1) is 0 Å². The Bertz CT molecular complexity index is 190. The molecule has 0 unspecified atom stereocenters. The highest BCUT2D eigenvalue weighted by Crippen LogP contribution is 2.28. The third kappa shape index (κ3) is 3.55. The predicted octanol–water partition coefficient (Wildman–Crippen LogP) is 0.686. The Morgan fingerprint density at radius 1 is 1.54 bits per heavy atom. The first kappa shape index (κ1) is 10.2. The molecular weight excluding hydrogens is 172 g/mol. The Labute approximate surface area is 77.2 Å². The third-order valence-corrected chi connectivity index (χ3v) is 2.11. The fraction of sp³-hybridized carbons (Fsp3) is 0.778. The molecule has 1 aliphatic heterocycles. The standard InChI is InChI=1S/C9H14O4/c1-12-9(11)4-2-3-7-8(13-7)5-6-10/h6-8H,2-5H2,1H3/t7-,8+/m0/s1. The van der Waals surface area contributed by atoms with Gasteiger partial charge in [0.1, 0.15) is 6.29 Å². The molecule has 1 fully saturated rings. The summed E-state index contributed by atoms with van der Waals surface area (Å²) in [4.78, 5) is 20.8. The molecule has 0 aromatic rings. The van der Waals surface area contributed by atoms with Gasteiger partial charge in [0, 0.05) is 12.8 Å². The Kier molecular flexibility index (Phi) is 3.89. The monoisotopic (exact) mass is 186 g/mol. The molecule has 0 radical (unpaired) electrons. The van der Waals surface area contributed by atoms with Gasteiger partial charge in [-0.2, -0.15) is 0 Å². The van der Waals surface area contributed by atoms with Crippen molar-refractivity contribution in [3.63, 3.8) is 0 Å². The van der Waals surface area contributed by atoms with Crippen LogP contribution in [-0.4, -0.2) is 31.6 Å². The summed E-state index contributed by atoms with van der Waals surface area (Å²) >= 11 is 0. The van der Waals surface area contributed by atoms with Crippen LogP contribution in [0.2, 0.25) is 0 Å². The highest BCUT2D eigenvalue weighted by Gasteiger charge is 2.37. The van der Waals surface area contributed by atoms with Crippen molar-refractivity contribution >= 4 is 12.3 Å². The Balaban J connectivity index is 1.96. The van der Waals surface area contributed by atoms with E-state index in [-0.39, 0.29) is 18.2 Å². The van der Waals surface area contributed by atoms with Gasteiger partial charge in [-0.25, -0.2) is 0 Å². The minimum Gasteiger partial charge on any atom is -0.469 e. The van der Waals surface area contributed by atoms with Crippen LogP contribution < -0.4 is 0 Å². The second kappa shape index (κ2) is 4.97. The van der Waals surface area contributed by atoms with Crippen LogP contribution >= 0.6 is 0 Å². The van der Waals surface area contributed by atoms with E-state index in [1.807, 2.05) is 0 Å². The zero-order valence-corrected chi connectivity index (χ0v) is 7.69. The molecule has 0 saturated carbocycles. The fourth-order valence-electron chi connectivity index (χ4n) is 1.28. The van der Waals surface area contributed by atoms with Crippen LogP contribution in [0.15, 0.2) is 0 Å². The minimum absolute atomic E-state index is 0.107. The van der Waals surface area contributed by atoms with Crippen molar-refractivity contribution in [1.29, 1.82) is 0 Å². The molecule has 1 aliphatic rings. The normalized spacial score (nSPS) is 25.3. The molecule has 1 saturated heterocycles. The summed E-state index contributed by atoms with van der Waals surface area (Å²) in [7, 11) is 1.38. The van der Waals surface area contributed by atoms with Gasteiger partial charge in [-0.1, -0.05) is 0 Å². The summed E-state index contributed by atoms with van der Waals surface area (Å²) in [6.07, 6.45) is 3.68. The molecule has 0 bridgehead atoms. The van der Waals surface area contributed by atoms with Gasteiger partial charge in [0.25, 0.3) is 0 Å². The van der Waals surface area contributed by atoms with Crippen molar-refractivity contribution in [2.75, 3.05) is 7.11 Å². The molecule has 13 heavy (non-hydrogen) atoms. The molecule has 0 amide bonds. The average molecular weight is 186 g/mol. The van der Waals surface area contributed by atoms with Crippen molar-refractivity contribution < 1.29 is 19.1 Å². The minimum atomic E-state index is -0.187. The summed E-state index contributed by atoms with van der Waals surface area (Å²) in [5, 5.41) is 0. The Morgan fingerprint density at radius 3 is 2.92 bits per heavy atom. The number of carbonyl (C=O) groups excluding carboxylic acids is 2. The number of esters is 1. The first-order chi connectivity index (χ1) is 6.27. The predicted molar refractivity (Wildman–Crippen MR) is 45.2 cm³/mol. The lowest BCUT2D eigenvalue weighted by Crippen LogP contribution is -2.01. The van der Waals surface area contributed by atoms with Crippen LogP contribution in [0.4, 0.5) is 0 Å². The highest BCUT2D eigenvalue weighted by atomic mass is 16.6. The van der Waals surface area contributed by atoms with E-state index in [1.54, 1.807) is 0 Å². The summed E-state index contributed by atoms with van der Waals surface area (Å²) in [5.74, 6) is -0.187. The van der Waals surface area contributed by atoms with Gasteiger partial charge in [-0.3, -0.25) is 4.79 Å². The van der Waals surface area contributed by atoms with Crippen LogP contribution in [0.25, 0.3) is 0 Å². The van der Waals surface area contributed by atoms with Crippen molar-refractivity contribution in [2.24, 2.45) is 0 Å². The Morgan fingerprint density at radius 2 is 2.31 bits per heavy atom. The fourth-order valence-corrected chi connectivity index (χ4v) is 1.28. The van der Waals surface area contributed by atoms with E-state index in [9.17, 15) is 9.59 Å². The largest absolute Gasteiger partial charge is 0.469 e. The van der Waals surface area contributed by atoms with Gasteiger partial charge >= 0.3 is 5.97 Å². The summed E-state index contributed by atoms with van der Waals surface area (Å²) < 4.78 is 9.68. The lowest BCUT2D eigenvalue weighted by molar-refractivity contribution is -0.140. The van der Waals surface area contributed by atoms with E-state index in [0.29, 0.717) is 12.8 Å². The number of carbonyl (C=O) groups is 2. The molecule has 0 spiro atoms. The molecule has 0 aliphatic carbocycles. The first-order valence-corrected chi connectivity index (χ1v) is 4.44. The van der Waals surface area contributed by atoms with Crippen molar-refractivity contribution in [3.05, 3.63) is 0 Å². The molecule has 0 aromatic heterocycles. The number of epoxide rings is 1. The van der Waals surface area contributed by atoms with Crippen molar-refractivity contribution in [2.45, 2.75) is 37.9 Å². The van der Waals surface area contributed by atoms with Crippen molar-refractivity contribution in [1.82, 2.24) is 0 Å². The molecule has 4 nitrogen and oxygen atoms in total. The highest BCUT2D eigenvalue weighted by molar-refractivity contribution is 5.69. The lowest BCUT2D eigenvalue weighted by Gasteiger charge is -1.96. The zero-order chi connectivity index (χ0) is 9.68. The maximum absolute atomic E-state index is 10.7. The van der Waals surface area contributed by atoms with Crippen LogP contribution in [0.5, 0.6) is 0 Å². The summed E-state index contributed by atoms with van der Waals surface area (Å²) in [6, 6.07) is 0. The smallest absolute Gasteiger partial charge is 0.305 e. The molecule has 4 heteroatoms. The molecule has 74 valence electrons. The average Bonchev–Trinajstić information content (AvgIpc) is 2.84. The van der Waals surface area contributed by atoms with Crippen LogP contribution in [0.3, 0.4) is 0 Å². The topological polar surface area (TPSA) is 55.9 Å². The molecule has 0 N–H and O–H groups in total. The van der Waals surface area contributed by atoms with Crippen LogP contribution in [0, 0.1) is 0 Å².